The molecular weight excluding hydrogens is 422 g/mol. The molecule has 2 aromatic carbocycles. The minimum absolute atomic E-state index is 0.0317. The molecule has 0 radical (unpaired) electrons. The van der Waals surface area contributed by atoms with E-state index >= 15 is 0 Å². The predicted molar refractivity (Wildman–Crippen MR) is 113 cm³/mol. The lowest BCUT2D eigenvalue weighted by Gasteiger charge is -2.12. The molecule has 1 amide bonds. The molecule has 0 spiro atoms. The number of hydrogen-bond acceptors (Lipinski definition) is 7. The Morgan fingerprint density at radius 1 is 1.00 bits per heavy atom. The van der Waals surface area contributed by atoms with Crippen LogP contribution in [-0.2, 0) is 10.0 Å². The van der Waals surface area contributed by atoms with Crippen LogP contribution in [0.2, 0.25) is 0 Å². The minimum Gasteiger partial charge on any atom is -0.504 e. The fourth-order valence-corrected chi connectivity index (χ4v) is 3.96. The molecule has 0 saturated carbocycles. The number of nitrogens with one attached hydrogen (secondary N) is 2. The van der Waals surface area contributed by atoms with Crippen LogP contribution in [0.15, 0.2) is 65.7 Å². The molecule has 2 heterocycles. The Labute approximate surface area is 178 Å². The van der Waals surface area contributed by atoms with Crippen molar-refractivity contribution in [1.29, 1.82) is 0 Å². The van der Waals surface area contributed by atoms with Crippen LogP contribution in [0.3, 0.4) is 0 Å². The molecule has 160 valence electrons. The lowest BCUT2D eigenvalue weighted by atomic mass is 10.2. The zero-order chi connectivity index (χ0) is 21.8. The summed E-state index contributed by atoms with van der Waals surface area (Å²) < 4.78 is 39.0. The molecule has 0 fully saturated rings. The number of pyridine rings is 1. The third-order valence-corrected chi connectivity index (χ3v) is 5.83. The van der Waals surface area contributed by atoms with E-state index in [0.29, 0.717) is 24.7 Å². The number of benzene rings is 2. The van der Waals surface area contributed by atoms with E-state index in [1.165, 1.54) is 54.7 Å². The van der Waals surface area contributed by atoms with Crippen molar-refractivity contribution >= 4 is 27.4 Å². The van der Waals surface area contributed by atoms with Crippen molar-refractivity contribution in [3.8, 4) is 17.2 Å². The molecule has 0 saturated heterocycles. The maximum atomic E-state index is 12.7. The quantitative estimate of drug-likeness (QED) is 0.555. The molecule has 0 unspecified atom stereocenters. The van der Waals surface area contributed by atoms with Crippen LogP contribution in [0, 0.1) is 0 Å². The second-order valence-corrected chi connectivity index (χ2v) is 8.35. The zero-order valence-corrected chi connectivity index (χ0v) is 17.1. The van der Waals surface area contributed by atoms with Gasteiger partial charge in [-0.15, -0.1) is 0 Å². The normalized spacial score (nSPS) is 13.2. The van der Waals surface area contributed by atoms with Crippen molar-refractivity contribution in [1.82, 2.24) is 4.98 Å². The van der Waals surface area contributed by atoms with Crippen LogP contribution in [-0.4, -0.2) is 37.6 Å². The molecule has 31 heavy (non-hydrogen) atoms. The first-order chi connectivity index (χ1) is 14.9. The molecule has 1 aliphatic rings. The number of fused-ring (bicyclic) bond motifs is 1. The summed E-state index contributed by atoms with van der Waals surface area (Å²) in [7, 11) is -3.88. The summed E-state index contributed by atoms with van der Waals surface area (Å²) in [4.78, 5) is 16.2. The number of rotatable bonds is 5. The van der Waals surface area contributed by atoms with Crippen LogP contribution in [0.25, 0.3) is 0 Å². The van der Waals surface area contributed by atoms with Gasteiger partial charge in [-0.05, 0) is 48.5 Å². The van der Waals surface area contributed by atoms with Crippen molar-refractivity contribution in [3.63, 3.8) is 0 Å². The van der Waals surface area contributed by atoms with Crippen LogP contribution in [0.5, 0.6) is 17.2 Å². The summed E-state index contributed by atoms with van der Waals surface area (Å²) in [6, 6.07) is 13.2. The molecular formula is C21H19N3O6S. The molecule has 0 bridgehead atoms. The van der Waals surface area contributed by atoms with Gasteiger partial charge in [-0.1, -0.05) is 0 Å². The average molecular weight is 441 g/mol. The second kappa shape index (κ2) is 8.52. The van der Waals surface area contributed by atoms with E-state index < -0.39 is 15.9 Å². The van der Waals surface area contributed by atoms with Gasteiger partial charge in [0.05, 0.1) is 18.1 Å². The Kier molecular flexibility index (Phi) is 5.63. The number of anilines is 2. The van der Waals surface area contributed by atoms with E-state index in [9.17, 15) is 18.3 Å². The summed E-state index contributed by atoms with van der Waals surface area (Å²) in [6.45, 7) is 0.959. The summed E-state index contributed by atoms with van der Waals surface area (Å²) in [5, 5.41) is 12.2. The molecule has 10 heteroatoms. The molecule has 3 N–H and O–H groups in total. The number of ether oxygens (including phenoxy) is 2. The minimum atomic E-state index is -3.88. The van der Waals surface area contributed by atoms with E-state index in [1.54, 1.807) is 6.07 Å². The van der Waals surface area contributed by atoms with E-state index in [2.05, 4.69) is 15.0 Å². The summed E-state index contributed by atoms with van der Waals surface area (Å²) >= 11 is 0. The first-order valence-electron chi connectivity index (χ1n) is 9.40. The van der Waals surface area contributed by atoms with Crippen LogP contribution < -0.4 is 19.5 Å². The van der Waals surface area contributed by atoms with Crippen LogP contribution >= 0.6 is 0 Å². The van der Waals surface area contributed by atoms with Gasteiger partial charge in [0, 0.05) is 29.9 Å². The van der Waals surface area contributed by atoms with Gasteiger partial charge in [-0.2, -0.15) is 0 Å². The maximum absolute atomic E-state index is 12.7. The number of carbonyl (C=O) groups excluding carboxylic acids is 1. The standard InChI is InChI=1S/C21H19N3O6S/c25-17-3-1-10-22-20(17)23-21(26)14-4-6-15(7-5-14)24-31(27,28)16-8-9-18-19(13-16)30-12-2-11-29-18/h1,3-10,13,24-25H,2,11-12H2,(H,22,23,26). The summed E-state index contributed by atoms with van der Waals surface area (Å²) in [5.41, 5.74) is 0.549. The zero-order valence-electron chi connectivity index (χ0n) is 16.2. The first-order valence-corrected chi connectivity index (χ1v) is 10.9. The number of aromatic hydroxyl groups is 1. The lowest BCUT2D eigenvalue weighted by Crippen LogP contribution is -2.15. The SMILES string of the molecule is O=C(Nc1ncccc1O)c1ccc(NS(=O)(=O)c2ccc3c(c2)OCCCO3)cc1. The molecule has 0 aliphatic carbocycles. The topological polar surface area (TPSA) is 127 Å². The predicted octanol–water partition coefficient (Wildman–Crippen LogP) is 3.00. The number of aromatic nitrogens is 1. The Morgan fingerprint density at radius 3 is 2.48 bits per heavy atom. The third kappa shape index (κ3) is 4.69. The summed E-state index contributed by atoms with van der Waals surface area (Å²) in [5.74, 6) is 0.268. The highest BCUT2D eigenvalue weighted by Gasteiger charge is 2.19. The highest BCUT2D eigenvalue weighted by molar-refractivity contribution is 7.92. The van der Waals surface area contributed by atoms with E-state index in [1.807, 2.05) is 0 Å². The van der Waals surface area contributed by atoms with Gasteiger partial charge in [-0.3, -0.25) is 9.52 Å². The van der Waals surface area contributed by atoms with Crippen molar-refractivity contribution in [2.45, 2.75) is 11.3 Å². The number of hydrogen-bond donors (Lipinski definition) is 3. The van der Waals surface area contributed by atoms with Gasteiger partial charge >= 0.3 is 0 Å². The number of amides is 1. The molecule has 9 nitrogen and oxygen atoms in total. The Hall–Kier alpha value is -3.79. The average Bonchev–Trinajstić information content (AvgIpc) is 3.00. The highest BCUT2D eigenvalue weighted by atomic mass is 32.2. The fourth-order valence-electron chi connectivity index (χ4n) is 2.89. The number of carbonyl (C=O) groups is 1. The van der Waals surface area contributed by atoms with Gasteiger partial charge in [0.2, 0.25) is 0 Å². The van der Waals surface area contributed by atoms with Crippen molar-refractivity contribution in [2.75, 3.05) is 23.3 Å². The van der Waals surface area contributed by atoms with E-state index in [4.69, 9.17) is 9.47 Å². The van der Waals surface area contributed by atoms with Gasteiger partial charge in [0.1, 0.15) is 0 Å². The monoisotopic (exact) mass is 441 g/mol. The molecule has 4 rings (SSSR count). The van der Waals surface area contributed by atoms with Crippen molar-refractivity contribution in [3.05, 3.63) is 66.4 Å². The van der Waals surface area contributed by atoms with Crippen LogP contribution in [0.4, 0.5) is 11.5 Å². The maximum Gasteiger partial charge on any atom is 0.262 e. The van der Waals surface area contributed by atoms with Crippen molar-refractivity contribution < 1.29 is 27.8 Å². The number of nitrogens with zero attached hydrogens (tertiary/aromatic N) is 1. The Bertz CT molecular complexity index is 1210. The molecule has 1 aliphatic heterocycles. The Balaban J connectivity index is 1.47. The lowest BCUT2D eigenvalue weighted by molar-refractivity contribution is 0.102. The molecule has 0 atom stereocenters. The van der Waals surface area contributed by atoms with Gasteiger partial charge in [0.25, 0.3) is 15.9 Å². The largest absolute Gasteiger partial charge is 0.504 e. The van der Waals surface area contributed by atoms with E-state index in [0.717, 1.165) is 6.42 Å². The first kappa shape index (κ1) is 20.5. The highest BCUT2D eigenvalue weighted by Crippen LogP contribution is 2.32. The molecule has 1 aromatic heterocycles. The Morgan fingerprint density at radius 2 is 1.74 bits per heavy atom. The smallest absolute Gasteiger partial charge is 0.262 e. The van der Waals surface area contributed by atoms with Gasteiger partial charge in [0.15, 0.2) is 23.1 Å². The van der Waals surface area contributed by atoms with Crippen LogP contribution in [0.1, 0.15) is 16.8 Å². The summed E-state index contributed by atoms with van der Waals surface area (Å²) in [6.07, 6.45) is 2.15. The van der Waals surface area contributed by atoms with Crippen molar-refractivity contribution in [2.24, 2.45) is 0 Å². The number of sulfonamides is 1. The van der Waals surface area contributed by atoms with Gasteiger partial charge in [-0.25, -0.2) is 13.4 Å². The fraction of sp³-hybridized carbons (Fsp3) is 0.143. The molecule has 3 aromatic rings. The second-order valence-electron chi connectivity index (χ2n) is 6.67. The van der Waals surface area contributed by atoms with Gasteiger partial charge < -0.3 is 19.9 Å². The third-order valence-electron chi connectivity index (χ3n) is 4.45. The van der Waals surface area contributed by atoms with E-state index in [-0.39, 0.29) is 27.7 Å².